The van der Waals surface area contributed by atoms with Crippen molar-refractivity contribution in [2.24, 2.45) is 0 Å². The third-order valence-electron chi connectivity index (χ3n) is 0.718. The number of hydrogen-bond acceptors (Lipinski definition) is 0. The van der Waals surface area contributed by atoms with Crippen LogP contribution in [0.3, 0.4) is 0 Å². The van der Waals surface area contributed by atoms with E-state index in [2.05, 4.69) is 22.0 Å². The molecule has 11 heavy (non-hydrogen) atoms. The van der Waals surface area contributed by atoms with Crippen molar-refractivity contribution in [3.05, 3.63) is 33.8 Å². The fourth-order valence-corrected chi connectivity index (χ4v) is 1.11. The van der Waals surface area contributed by atoms with Gasteiger partial charge in [-0.25, -0.2) is 0 Å². The van der Waals surface area contributed by atoms with E-state index in [1.807, 2.05) is 12.1 Å². The van der Waals surface area contributed by atoms with Crippen molar-refractivity contribution < 1.29 is 0 Å². The summed E-state index contributed by atoms with van der Waals surface area (Å²) in [6, 6.07) is 8.19. The van der Waals surface area contributed by atoms with Crippen molar-refractivity contribution in [3.63, 3.8) is 0 Å². The summed E-state index contributed by atoms with van der Waals surface area (Å²) in [5, 5.41) is 0.708. The second-order valence-corrected chi connectivity index (χ2v) is 5.45. The van der Waals surface area contributed by atoms with Crippen molar-refractivity contribution in [2.45, 2.75) is 0 Å². The fraction of sp³-hybridized carbons (Fsp3) is 0. The predicted molar refractivity (Wildman–Crippen MR) is 55.4 cm³/mol. The minimum atomic E-state index is -0.639. The summed E-state index contributed by atoms with van der Waals surface area (Å²) < 4.78 is 0.963. The third-order valence-corrected chi connectivity index (χ3v) is 1.39. The van der Waals surface area contributed by atoms with Crippen LogP contribution in [-0.2, 0) is 0 Å². The van der Waals surface area contributed by atoms with E-state index in [1.54, 1.807) is 6.07 Å². The maximum atomic E-state index is 5.58. The van der Waals surface area contributed by atoms with E-state index >= 15 is 0 Å². The Hall–Kier alpha value is 1.34. The van der Waals surface area contributed by atoms with Crippen molar-refractivity contribution in [3.8, 4) is 0 Å². The van der Waals surface area contributed by atoms with E-state index in [1.165, 1.54) is 0 Å². The van der Waals surface area contributed by atoms with Gasteiger partial charge in [-0.2, -0.15) is 0 Å². The molecule has 0 aliphatic rings. The normalized spacial score (nSPS) is 7.64. The molecule has 0 atom stereocenters. The summed E-state index contributed by atoms with van der Waals surface area (Å²) >= 11 is 8.19. The molecule has 57 valence electrons. The maximum absolute atomic E-state index is 5.58. The van der Waals surface area contributed by atoms with Gasteiger partial charge in [-0.3, -0.25) is 0 Å². The van der Waals surface area contributed by atoms with Crippen molar-refractivity contribution in [1.29, 1.82) is 0 Å². The molecule has 0 aliphatic carbocycles. The lowest BCUT2D eigenvalue weighted by atomic mass is 10.4. The first-order valence-corrected chi connectivity index (χ1v) is 8.09. The molecule has 0 N–H and O–H groups in total. The number of rotatable bonds is 0. The Labute approximate surface area is 96.6 Å². The Morgan fingerprint density at radius 1 is 1.36 bits per heavy atom. The monoisotopic (exact) mass is 283 g/mol. The smallest absolute Gasteiger partial charge is 0.309 e. The summed E-state index contributed by atoms with van der Waals surface area (Å²) in [6.07, 6.45) is 0. The molecular weight excluding hydrogens is 283 g/mol. The summed E-state index contributed by atoms with van der Waals surface area (Å²) in [5.74, 6) is 0. The molecule has 0 fully saturated rings. The Kier molecular flexibility index (Phi) is 8.93. The summed E-state index contributed by atoms with van der Waals surface area (Å²) in [6.45, 7) is 0. The number of benzene rings is 1. The van der Waals surface area contributed by atoms with Crippen LogP contribution in [0, 0.1) is 6.07 Å². The quantitative estimate of drug-likeness (QED) is 0.634. The van der Waals surface area contributed by atoms with E-state index in [0.29, 0.717) is 5.02 Å². The second kappa shape index (κ2) is 7.96. The van der Waals surface area contributed by atoms with Gasteiger partial charge >= 0.3 is 18.2 Å². The summed E-state index contributed by atoms with van der Waals surface area (Å²) in [5.41, 5.74) is 0. The first-order valence-electron chi connectivity index (χ1n) is 2.64. The highest BCUT2D eigenvalue weighted by Crippen LogP contribution is 2.14. The zero-order valence-electron chi connectivity index (χ0n) is 5.45. The van der Waals surface area contributed by atoms with Crippen LogP contribution in [-0.4, -0.2) is 18.2 Å². The molecule has 1 aromatic carbocycles. The Morgan fingerprint density at radius 2 is 1.91 bits per heavy atom. The van der Waals surface area contributed by atoms with E-state index in [0.717, 1.165) is 4.47 Å². The highest BCUT2D eigenvalue weighted by molar-refractivity contribution is 9.10. The summed E-state index contributed by atoms with van der Waals surface area (Å²) in [7, 11) is 9.81. The molecule has 0 nitrogen and oxygen atoms in total. The second-order valence-electron chi connectivity index (χ2n) is 1.47. The summed E-state index contributed by atoms with van der Waals surface area (Å²) in [4.78, 5) is 0. The molecular formula is C6H3BrCl3Mg. The molecule has 0 heterocycles. The molecule has 0 aromatic heterocycles. The molecule has 0 saturated heterocycles. The van der Waals surface area contributed by atoms with Crippen LogP contribution < -0.4 is 0 Å². The van der Waals surface area contributed by atoms with Crippen LogP contribution in [0.4, 0.5) is 0 Å². The topological polar surface area (TPSA) is 0 Å². The molecule has 0 unspecified atom stereocenters. The van der Waals surface area contributed by atoms with E-state index in [4.69, 9.17) is 29.7 Å². The van der Waals surface area contributed by atoms with Gasteiger partial charge in [0.1, 0.15) is 0 Å². The van der Waals surface area contributed by atoms with E-state index in [-0.39, 0.29) is 0 Å². The van der Waals surface area contributed by atoms with Gasteiger partial charge in [0.15, 0.2) is 0 Å². The van der Waals surface area contributed by atoms with Gasteiger partial charge in [-0.1, -0.05) is 27.5 Å². The third kappa shape index (κ3) is 7.69. The highest BCUT2D eigenvalue weighted by atomic mass is 79.9. The maximum Gasteiger partial charge on any atom is 0.618 e. The molecule has 0 amide bonds. The van der Waals surface area contributed by atoms with Gasteiger partial charge in [0, 0.05) is 9.50 Å². The molecule has 5 heteroatoms. The lowest BCUT2D eigenvalue weighted by molar-refractivity contribution is 1.64. The van der Waals surface area contributed by atoms with Gasteiger partial charge in [0.25, 0.3) is 0 Å². The lowest BCUT2D eigenvalue weighted by Crippen LogP contribution is -1.62. The average molecular weight is 286 g/mol. The van der Waals surface area contributed by atoms with Crippen molar-refractivity contribution >= 4 is 63.8 Å². The lowest BCUT2D eigenvalue weighted by Gasteiger charge is -1.86. The fourth-order valence-electron chi connectivity index (χ4n) is 0.416. The Morgan fingerprint density at radius 3 is 2.18 bits per heavy atom. The SMILES string of the molecule is Clc1c[c]cc(Br)c1.[Cl][Mg][Cl]. The molecule has 1 rings (SSSR count). The molecule has 0 aliphatic heterocycles. The van der Waals surface area contributed by atoms with Crippen molar-refractivity contribution in [2.75, 3.05) is 0 Å². The average Bonchev–Trinajstić information content (AvgIpc) is 1.88. The molecule has 0 spiro atoms. The number of halogens is 4. The molecule has 1 radical (unpaired) electrons. The standard InChI is InChI=1S/C6H3BrCl.2ClH.Mg/c7-5-2-1-3-6(8)4-5;;;/h2-4H;2*1H;/q;;;+2/p-2. The largest absolute Gasteiger partial charge is 0.618 e. The molecule has 0 bridgehead atoms. The first-order chi connectivity index (χ1) is 5.20. The van der Waals surface area contributed by atoms with Gasteiger partial charge < -0.3 is 18.1 Å². The van der Waals surface area contributed by atoms with Gasteiger partial charge in [-0.05, 0) is 24.3 Å². The molecule has 0 saturated carbocycles. The van der Waals surface area contributed by atoms with Gasteiger partial charge in [0.2, 0.25) is 0 Å². The Balaban J connectivity index is 0.000000292. The number of hydrogen-bond donors (Lipinski definition) is 0. The van der Waals surface area contributed by atoms with Crippen LogP contribution in [0.15, 0.2) is 22.7 Å². The first kappa shape index (κ1) is 12.3. The van der Waals surface area contributed by atoms with Crippen LogP contribution in [0.2, 0.25) is 5.02 Å². The minimum absolute atomic E-state index is 0.639. The predicted octanol–water partition coefficient (Wildman–Crippen LogP) is 3.90. The van der Waals surface area contributed by atoms with E-state index < -0.39 is 18.2 Å². The highest BCUT2D eigenvalue weighted by Gasteiger charge is 1.85. The van der Waals surface area contributed by atoms with Crippen LogP contribution >= 0.6 is 45.7 Å². The van der Waals surface area contributed by atoms with Crippen LogP contribution in [0.25, 0.3) is 0 Å². The van der Waals surface area contributed by atoms with Gasteiger partial charge in [-0.15, -0.1) is 0 Å². The zero-order valence-corrected chi connectivity index (χ0v) is 10.7. The zero-order chi connectivity index (χ0) is 8.69. The van der Waals surface area contributed by atoms with Crippen molar-refractivity contribution in [1.82, 2.24) is 0 Å². The Bertz CT molecular complexity index is 190. The van der Waals surface area contributed by atoms with Gasteiger partial charge in [0.05, 0.1) is 0 Å². The van der Waals surface area contributed by atoms with Crippen LogP contribution in [0.1, 0.15) is 0 Å². The van der Waals surface area contributed by atoms with Crippen LogP contribution in [0.5, 0.6) is 0 Å². The van der Waals surface area contributed by atoms with E-state index in [9.17, 15) is 0 Å². The molecule has 1 aromatic rings. The minimum Gasteiger partial charge on any atom is -0.309 e.